The molecule has 0 saturated carbocycles. The summed E-state index contributed by atoms with van der Waals surface area (Å²) in [4.78, 5) is 11.7. The minimum absolute atomic E-state index is 0.00485. The minimum atomic E-state index is 0.00485. The predicted octanol–water partition coefficient (Wildman–Crippen LogP) is 1.97. The van der Waals surface area contributed by atoms with Gasteiger partial charge in [-0.3, -0.25) is 4.79 Å². The van der Waals surface area contributed by atoms with E-state index < -0.39 is 0 Å². The van der Waals surface area contributed by atoms with Crippen molar-refractivity contribution in [2.24, 2.45) is 0 Å². The van der Waals surface area contributed by atoms with Gasteiger partial charge in [-0.25, -0.2) is 0 Å². The first kappa shape index (κ1) is 12.9. The molecule has 18 heavy (non-hydrogen) atoms. The maximum Gasteiger partial charge on any atom is 0.222 e. The van der Waals surface area contributed by atoms with Crippen molar-refractivity contribution in [2.75, 3.05) is 6.61 Å². The number of carbonyl (C=O) groups excluding carboxylic acids is 1. The summed E-state index contributed by atoms with van der Waals surface area (Å²) in [6.07, 6.45) is 3.72. The topological polar surface area (TPSA) is 58.6 Å². The molecule has 4 heteroatoms. The average molecular weight is 249 g/mol. The summed E-state index contributed by atoms with van der Waals surface area (Å²) < 4.78 is 5.52. The second-order valence-corrected chi connectivity index (χ2v) is 4.64. The average Bonchev–Trinajstić information content (AvgIpc) is 2.38. The Balaban J connectivity index is 1.74. The zero-order chi connectivity index (χ0) is 12.8. The number of aromatic hydroxyl groups is 1. The molecule has 1 aromatic carbocycles. The Bertz CT molecular complexity index is 400. The van der Waals surface area contributed by atoms with Gasteiger partial charge in [0.05, 0.1) is 12.5 Å². The number of hydrogen-bond acceptors (Lipinski definition) is 3. The fourth-order valence-corrected chi connectivity index (χ4v) is 2.11. The zero-order valence-electron chi connectivity index (χ0n) is 10.4. The first-order chi connectivity index (χ1) is 8.74. The lowest BCUT2D eigenvalue weighted by Gasteiger charge is -2.21. The number of benzene rings is 1. The van der Waals surface area contributed by atoms with Crippen molar-refractivity contribution >= 4 is 5.91 Å². The van der Waals surface area contributed by atoms with Crippen LogP contribution < -0.4 is 5.32 Å². The molecule has 98 valence electrons. The Labute approximate surface area is 107 Å². The van der Waals surface area contributed by atoms with Crippen LogP contribution in [0.4, 0.5) is 0 Å². The number of carbonyl (C=O) groups is 1. The molecule has 1 aliphatic heterocycles. The molecular weight excluding hydrogens is 230 g/mol. The Morgan fingerprint density at radius 3 is 3.06 bits per heavy atom. The minimum Gasteiger partial charge on any atom is -0.508 e. The van der Waals surface area contributed by atoms with E-state index in [1.807, 2.05) is 6.07 Å². The Hall–Kier alpha value is -1.55. The first-order valence-electron chi connectivity index (χ1n) is 6.40. The van der Waals surface area contributed by atoms with E-state index in [1.165, 1.54) is 0 Å². The Kier molecular flexibility index (Phi) is 4.59. The van der Waals surface area contributed by atoms with Gasteiger partial charge in [0.1, 0.15) is 5.75 Å². The second kappa shape index (κ2) is 6.40. The third-order valence-corrected chi connectivity index (χ3v) is 3.09. The predicted molar refractivity (Wildman–Crippen MR) is 68.2 cm³/mol. The molecule has 1 fully saturated rings. The Morgan fingerprint density at radius 2 is 2.33 bits per heavy atom. The fourth-order valence-electron chi connectivity index (χ4n) is 2.11. The van der Waals surface area contributed by atoms with Gasteiger partial charge in [-0.1, -0.05) is 12.1 Å². The van der Waals surface area contributed by atoms with Crippen LogP contribution in [0, 0.1) is 0 Å². The number of phenols is 1. The lowest BCUT2D eigenvalue weighted by molar-refractivity contribution is -0.125. The number of phenolic OH excluding ortho intramolecular Hbond substituents is 1. The molecule has 0 aliphatic carbocycles. The van der Waals surface area contributed by atoms with Crippen molar-refractivity contribution in [2.45, 2.75) is 38.3 Å². The highest BCUT2D eigenvalue weighted by Gasteiger charge is 2.17. The standard InChI is InChI=1S/C14H19NO3/c16-12-5-3-4-11(8-12)10-15-14(17)9-13-6-1-2-7-18-13/h3-5,8,13,16H,1-2,6-7,9-10H2,(H,15,17). The SMILES string of the molecule is O=C(CC1CCCCO1)NCc1cccc(O)c1. The van der Waals surface area contributed by atoms with Crippen LogP contribution in [0.5, 0.6) is 5.75 Å². The summed E-state index contributed by atoms with van der Waals surface area (Å²) in [7, 11) is 0. The summed E-state index contributed by atoms with van der Waals surface area (Å²) in [6, 6.07) is 6.90. The van der Waals surface area contributed by atoms with Crippen LogP contribution in [0.25, 0.3) is 0 Å². The van der Waals surface area contributed by atoms with Gasteiger partial charge in [-0.05, 0) is 37.0 Å². The summed E-state index contributed by atoms with van der Waals surface area (Å²) >= 11 is 0. The van der Waals surface area contributed by atoms with Crippen LogP contribution in [-0.2, 0) is 16.1 Å². The normalized spacial score (nSPS) is 19.4. The lowest BCUT2D eigenvalue weighted by Crippen LogP contribution is -2.30. The summed E-state index contributed by atoms with van der Waals surface area (Å²) in [6.45, 7) is 1.21. The monoisotopic (exact) mass is 249 g/mol. The van der Waals surface area contributed by atoms with Crippen LogP contribution in [0.2, 0.25) is 0 Å². The lowest BCUT2D eigenvalue weighted by atomic mass is 10.1. The molecule has 1 unspecified atom stereocenters. The van der Waals surface area contributed by atoms with Crippen molar-refractivity contribution in [3.8, 4) is 5.75 Å². The molecule has 1 aliphatic rings. The van der Waals surface area contributed by atoms with E-state index in [9.17, 15) is 9.90 Å². The van der Waals surface area contributed by atoms with Crippen LogP contribution in [0.15, 0.2) is 24.3 Å². The van der Waals surface area contributed by atoms with Crippen molar-refractivity contribution < 1.29 is 14.6 Å². The van der Waals surface area contributed by atoms with Gasteiger partial charge >= 0.3 is 0 Å². The number of hydrogen-bond donors (Lipinski definition) is 2. The molecule has 1 amide bonds. The van der Waals surface area contributed by atoms with Gasteiger partial charge in [0.2, 0.25) is 5.91 Å². The van der Waals surface area contributed by atoms with E-state index in [1.54, 1.807) is 18.2 Å². The van der Waals surface area contributed by atoms with E-state index in [0.717, 1.165) is 31.4 Å². The number of nitrogens with one attached hydrogen (secondary N) is 1. The Morgan fingerprint density at radius 1 is 1.44 bits per heavy atom. The van der Waals surface area contributed by atoms with Crippen LogP contribution in [0.3, 0.4) is 0 Å². The smallest absolute Gasteiger partial charge is 0.222 e. The van der Waals surface area contributed by atoms with Crippen LogP contribution in [-0.4, -0.2) is 23.7 Å². The molecule has 1 saturated heterocycles. The second-order valence-electron chi connectivity index (χ2n) is 4.64. The van der Waals surface area contributed by atoms with E-state index in [-0.39, 0.29) is 17.8 Å². The molecule has 0 aromatic heterocycles. The molecule has 1 atom stereocenters. The molecular formula is C14H19NO3. The van der Waals surface area contributed by atoms with Gasteiger partial charge < -0.3 is 15.2 Å². The van der Waals surface area contributed by atoms with Crippen molar-refractivity contribution in [3.63, 3.8) is 0 Å². The van der Waals surface area contributed by atoms with Crippen LogP contribution in [0.1, 0.15) is 31.2 Å². The van der Waals surface area contributed by atoms with Gasteiger partial charge in [0.15, 0.2) is 0 Å². The number of rotatable bonds is 4. The molecule has 2 N–H and O–H groups in total. The molecule has 0 radical (unpaired) electrons. The van der Waals surface area contributed by atoms with Gasteiger partial charge in [0.25, 0.3) is 0 Å². The highest BCUT2D eigenvalue weighted by atomic mass is 16.5. The van der Waals surface area contributed by atoms with Gasteiger partial charge in [-0.2, -0.15) is 0 Å². The van der Waals surface area contributed by atoms with E-state index in [4.69, 9.17) is 4.74 Å². The van der Waals surface area contributed by atoms with Crippen molar-refractivity contribution in [1.29, 1.82) is 0 Å². The van der Waals surface area contributed by atoms with Gasteiger partial charge in [-0.15, -0.1) is 0 Å². The number of amides is 1. The molecule has 0 spiro atoms. The highest BCUT2D eigenvalue weighted by Crippen LogP contribution is 2.15. The largest absolute Gasteiger partial charge is 0.508 e. The maximum absolute atomic E-state index is 11.7. The third kappa shape index (κ3) is 4.04. The molecule has 2 rings (SSSR count). The van der Waals surface area contributed by atoms with Crippen molar-refractivity contribution in [3.05, 3.63) is 29.8 Å². The maximum atomic E-state index is 11.7. The van der Waals surface area contributed by atoms with Gasteiger partial charge in [0, 0.05) is 13.2 Å². The number of ether oxygens (including phenoxy) is 1. The van der Waals surface area contributed by atoms with E-state index >= 15 is 0 Å². The quantitative estimate of drug-likeness (QED) is 0.857. The van der Waals surface area contributed by atoms with Crippen molar-refractivity contribution in [1.82, 2.24) is 5.32 Å². The molecule has 0 bridgehead atoms. The third-order valence-electron chi connectivity index (χ3n) is 3.09. The molecule has 4 nitrogen and oxygen atoms in total. The molecule has 1 aromatic rings. The van der Waals surface area contributed by atoms with E-state index in [2.05, 4.69) is 5.32 Å². The van der Waals surface area contributed by atoms with E-state index in [0.29, 0.717) is 13.0 Å². The highest BCUT2D eigenvalue weighted by molar-refractivity contribution is 5.76. The first-order valence-corrected chi connectivity index (χ1v) is 6.40. The fraction of sp³-hybridized carbons (Fsp3) is 0.500. The summed E-state index contributed by atoms with van der Waals surface area (Å²) in [5.41, 5.74) is 0.896. The molecule has 1 heterocycles. The summed E-state index contributed by atoms with van der Waals surface area (Å²) in [5.74, 6) is 0.225. The van der Waals surface area contributed by atoms with Crippen LogP contribution >= 0.6 is 0 Å². The summed E-state index contributed by atoms with van der Waals surface area (Å²) in [5, 5.41) is 12.2. The zero-order valence-corrected chi connectivity index (χ0v) is 10.4.